The number of nitrogens with one attached hydrogen (secondary N) is 2. The fourth-order valence-corrected chi connectivity index (χ4v) is 2.71. The predicted octanol–water partition coefficient (Wildman–Crippen LogP) is 0.847. The predicted molar refractivity (Wildman–Crippen MR) is 77.0 cm³/mol. The van der Waals surface area contributed by atoms with E-state index in [1.54, 1.807) is 6.07 Å². The van der Waals surface area contributed by atoms with Gasteiger partial charge in [-0.15, -0.1) is 0 Å². The third-order valence-electron chi connectivity index (χ3n) is 3.71. The number of hydrazine groups is 1. The van der Waals surface area contributed by atoms with Gasteiger partial charge in [0.05, 0.1) is 6.54 Å². The first kappa shape index (κ1) is 15.0. The maximum absolute atomic E-state index is 11.4. The molecule has 0 saturated carbocycles. The van der Waals surface area contributed by atoms with E-state index in [0.29, 0.717) is 6.04 Å². The van der Waals surface area contributed by atoms with Gasteiger partial charge in [0.15, 0.2) is 5.76 Å². The van der Waals surface area contributed by atoms with Crippen LogP contribution in [0.15, 0.2) is 16.5 Å². The van der Waals surface area contributed by atoms with Gasteiger partial charge < -0.3 is 9.73 Å². The Labute approximate surface area is 119 Å². The van der Waals surface area contributed by atoms with Crippen LogP contribution in [0.25, 0.3) is 0 Å². The van der Waals surface area contributed by atoms with Crippen molar-refractivity contribution in [1.82, 2.24) is 15.6 Å². The van der Waals surface area contributed by atoms with Crippen LogP contribution in [0.5, 0.6) is 0 Å². The summed E-state index contributed by atoms with van der Waals surface area (Å²) < 4.78 is 5.55. The molecule has 6 heteroatoms. The molecule has 0 radical (unpaired) electrons. The number of nitrogens with zero attached hydrogens (tertiary/aromatic N) is 1. The van der Waals surface area contributed by atoms with Gasteiger partial charge in [-0.2, -0.15) is 0 Å². The molecule has 1 saturated heterocycles. The summed E-state index contributed by atoms with van der Waals surface area (Å²) in [6.45, 7) is 6.12. The molecule has 0 unspecified atom stereocenters. The molecule has 6 nitrogen and oxygen atoms in total. The number of carbonyl (C=O) groups is 1. The molecular weight excluding hydrogens is 256 g/mol. The van der Waals surface area contributed by atoms with Crippen LogP contribution < -0.4 is 16.6 Å². The van der Waals surface area contributed by atoms with Crippen LogP contribution in [0.2, 0.25) is 0 Å². The average molecular weight is 280 g/mol. The Hall–Kier alpha value is -1.37. The third kappa shape index (κ3) is 3.82. The zero-order valence-corrected chi connectivity index (χ0v) is 12.0. The lowest BCUT2D eigenvalue weighted by atomic mass is 10.0. The van der Waals surface area contributed by atoms with Crippen molar-refractivity contribution < 1.29 is 9.21 Å². The van der Waals surface area contributed by atoms with E-state index >= 15 is 0 Å². The Kier molecular flexibility index (Phi) is 5.58. The van der Waals surface area contributed by atoms with Crippen molar-refractivity contribution >= 4 is 5.91 Å². The lowest BCUT2D eigenvalue weighted by molar-refractivity contribution is 0.0918. The number of carbonyl (C=O) groups excluding carboxylic acids is 1. The maximum atomic E-state index is 11.4. The highest BCUT2D eigenvalue weighted by Gasteiger charge is 2.21. The van der Waals surface area contributed by atoms with Gasteiger partial charge in [-0.3, -0.25) is 15.1 Å². The number of nitrogen functional groups attached to an aromatic ring is 1. The number of hydrogen-bond acceptors (Lipinski definition) is 5. The van der Waals surface area contributed by atoms with Gasteiger partial charge in [0, 0.05) is 6.04 Å². The van der Waals surface area contributed by atoms with Gasteiger partial charge in [-0.25, -0.2) is 5.84 Å². The van der Waals surface area contributed by atoms with Gasteiger partial charge in [0.25, 0.3) is 0 Å². The molecule has 1 aliphatic rings. The van der Waals surface area contributed by atoms with Gasteiger partial charge in [0.1, 0.15) is 5.76 Å². The average Bonchev–Trinajstić information content (AvgIpc) is 2.95. The van der Waals surface area contributed by atoms with E-state index in [2.05, 4.69) is 22.6 Å². The first-order valence-corrected chi connectivity index (χ1v) is 7.29. The third-order valence-corrected chi connectivity index (χ3v) is 3.71. The second-order valence-corrected chi connectivity index (χ2v) is 5.19. The van der Waals surface area contributed by atoms with Crippen LogP contribution in [0.3, 0.4) is 0 Å². The minimum absolute atomic E-state index is 0.268. The Bertz CT molecular complexity index is 427. The highest BCUT2D eigenvalue weighted by molar-refractivity contribution is 5.90. The number of piperidine rings is 1. The van der Waals surface area contributed by atoms with Gasteiger partial charge in [0.2, 0.25) is 0 Å². The summed E-state index contributed by atoms with van der Waals surface area (Å²) in [5.74, 6) is 5.80. The minimum Gasteiger partial charge on any atom is -0.455 e. The summed E-state index contributed by atoms with van der Waals surface area (Å²) in [6, 6.07) is 4.12. The van der Waals surface area contributed by atoms with Gasteiger partial charge in [-0.05, 0) is 51.0 Å². The molecular formula is C14H24N4O2. The Balaban J connectivity index is 1.99. The fraction of sp³-hybridized carbons (Fsp3) is 0.643. The second-order valence-electron chi connectivity index (χ2n) is 5.19. The van der Waals surface area contributed by atoms with E-state index < -0.39 is 0 Å². The molecule has 0 aliphatic carbocycles. The van der Waals surface area contributed by atoms with Crippen LogP contribution in [-0.2, 0) is 6.54 Å². The lowest BCUT2D eigenvalue weighted by Crippen LogP contribution is -2.43. The van der Waals surface area contributed by atoms with Crippen molar-refractivity contribution in [3.63, 3.8) is 0 Å². The molecule has 1 fully saturated rings. The molecule has 1 aromatic rings. The van der Waals surface area contributed by atoms with Crippen LogP contribution in [-0.4, -0.2) is 36.5 Å². The van der Waals surface area contributed by atoms with E-state index in [1.165, 1.54) is 0 Å². The SMILES string of the molecule is CCCN(Cc1ccc(C(=O)NN)o1)C1CCNCC1. The number of furan rings is 1. The highest BCUT2D eigenvalue weighted by atomic mass is 16.4. The molecule has 0 aromatic carbocycles. The Morgan fingerprint density at radius 2 is 2.25 bits per heavy atom. The first-order valence-electron chi connectivity index (χ1n) is 7.29. The summed E-state index contributed by atoms with van der Waals surface area (Å²) in [7, 11) is 0. The zero-order chi connectivity index (χ0) is 14.4. The van der Waals surface area contributed by atoms with Crippen LogP contribution >= 0.6 is 0 Å². The second kappa shape index (κ2) is 7.42. The van der Waals surface area contributed by atoms with E-state index in [9.17, 15) is 4.79 Å². The molecule has 0 bridgehead atoms. The molecule has 1 aromatic heterocycles. The Morgan fingerprint density at radius 3 is 2.90 bits per heavy atom. The summed E-state index contributed by atoms with van der Waals surface area (Å²) in [6.07, 6.45) is 3.44. The zero-order valence-electron chi connectivity index (χ0n) is 12.0. The van der Waals surface area contributed by atoms with E-state index in [0.717, 1.165) is 51.2 Å². The van der Waals surface area contributed by atoms with Crippen molar-refractivity contribution in [3.05, 3.63) is 23.7 Å². The van der Waals surface area contributed by atoms with Crippen LogP contribution in [0.4, 0.5) is 0 Å². The van der Waals surface area contributed by atoms with Crippen LogP contribution in [0, 0.1) is 0 Å². The minimum atomic E-state index is -0.389. The molecule has 0 spiro atoms. The summed E-state index contributed by atoms with van der Waals surface area (Å²) in [5, 5.41) is 3.39. The van der Waals surface area contributed by atoms with Crippen LogP contribution in [0.1, 0.15) is 42.5 Å². The van der Waals surface area contributed by atoms with Gasteiger partial charge >= 0.3 is 5.91 Å². The molecule has 20 heavy (non-hydrogen) atoms. The Morgan fingerprint density at radius 1 is 1.50 bits per heavy atom. The van der Waals surface area contributed by atoms with Crippen molar-refractivity contribution in [2.45, 2.75) is 38.8 Å². The standard InChI is InChI=1S/C14H24N4O2/c1-2-9-18(11-5-7-16-8-6-11)10-12-3-4-13(20-12)14(19)17-15/h3-4,11,16H,2,5-10,15H2,1H3,(H,17,19). The van der Waals surface area contributed by atoms with E-state index in [1.807, 2.05) is 6.07 Å². The van der Waals surface area contributed by atoms with E-state index in [-0.39, 0.29) is 11.7 Å². The van der Waals surface area contributed by atoms with Gasteiger partial charge in [-0.1, -0.05) is 6.92 Å². The molecule has 2 heterocycles. The topological polar surface area (TPSA) is 83.5 Å². The quantitative estimate of drug-likeness (QED) is 0.409. The number of rotatable bonds is 6. The van der Waals surface area contributed by atoms with Crippen molar-refractivity contribution in [2.24, 2.45) is 5.84 Å². The maximum Gasteiger partial charge on any atom is 0.300 e. The molecule has 2 rings (SSSR count). The number of hydrogen-bond donors (Lipinski definition) is 3. The first-order chi connectivity index (χ1) is 9.74. The number of amides is 1. The lowest BCUT2D eigenvalue weighted by Gasteiger charge is -2.33. The molecule has 112 valence electrons. The van der Waals surface area contributed by atoms with Crippen molar-refractivity contribution in [2.75, 3.05) is 19.6 Å². The summed E-state index contributed by atoms with van der Waals surface area (Å²) in [5.41, 5.74) is 2.08. The molecule has 1 amide bonds. The largest absolute Gasteiger partial charge is 0.455 e. The normalized spacial score (nSPS) is 16.6. The van der Waals surface area contributed by atoms with Crippen molar-refractivity contribution in [3.8, 4) is 0 Å². The summed E-state index contributed by atoms with van der Waals surface area (Å²) >= 11 is 0. The monoisotopic (exact) mass is 280 g/mol. The molecule has 1 aliphatic heterocycles. The molecule has 4 N–H and O–H groups in total. The highest BCUT2D eigenvalue weighted by Crippen LogP contribution is 2.17. The fourth-order valence-electron chi connectivity index (χ4n) is 2.71. The smallest absolute Gasteiger partial charge is 0.300 e. The van der Waals surface area contributed by atoms with E-state index in [4.69, 9.17) is 10.3 Å². The summed E-state index contributed by atoms with van der Waals surface area (Å²) in [4.78, 5) is 13.8. The van der Waals surface area contributed by atoms with Crippen molar-refractivity contribution in [1.29, 1.82) is 0 Å². The molecule has 0 atom stereocenters. The number of nitrogens with two attached hydrogens (primary N) is 1.